The molecule has 4 aromatic rings. The minimum atomic E-state index is -0.176. The van der Waals surface area contributed by atoms with Gasteiger partial charge in [-0.15, -0.1) is 10.2 Å². The monoisotopic (exact) mass is 409 g/mol. The minimum absolute atomic E-state index is 0.176. The van der Waals surface area contributed by atoms with Gasteiger partial charge < -0.3 is 14.2 Å². The molecule has 0 spiro atoms. The van der Waals surface area contributed by atoms with Gasteiger partial charge >= 0.3 is 0 Å². The molecule has 0 radical (unpaired) electrons. The van der Waals surface area contributed by atoms with Crippen LogP contribution in [-0.4, -0.2) is 35.9 Å². The molecule has 0 atom stereocenters. The highest BCUT2D eigenvalue weighted by atomic mass is 32.1. The number of fused-ring (bicyclic) bond motifs is 1. The lowest BCUT2D eigenvalue weighted by Crippen LogP contribution is -2.23. The number of thiazole rings is 1. The minimum Gasteiger partial charge on any atom is -0.496 e. The molecule has 0 saturated heterocycles. The van der Waals surface area contributed by atoms with Crippen LogP contribution in [0.15, 0.2) is 41.2 Å². The molecule has 0 aliphatic heterocycles. The van der Waals surface area contributed by atoms with Gasteiger partial charge in [-0.3, -0.25) is 4.79 Å². The number of nitrogens with zero attached hydrogens (tertiary/aromatic N) is 3. The average molecular weight is 409 g/mol. The molecular formula is C21H19N3O4S. The molecule has 148 valence electrons. The predicted molar refractivity (Wildman–Crippen MR) is 112 cm³/mol. The normalized spacial score (nSPS) is 11.8. The number of methoxy groups -OCH3 is 3. The summed E-state index contributed by atoms with van der Waals surface area (Å²) >= 11 is 1.28. The SMILES string of the molecule is COc1cc(OC)c(OC)cc1C=c1sc2nnc(-c3ccccc3C)n2c1=O. The van der Waals surface area contributed by atoms with Crippen LogP contribution in [0.2, 0.25) is 0 Å². The molecule has 0 bridgehead atoms. The molecule has 0 amide bonds. The van der Waals surface area contributed by atoms with Gasteiger partial charge in [0.05, 0.1) is 25.9 Å². The first kappa shape index (κ1) is 18.9. The van der Waals surface area contributed by atoms with Crippen LogP contribution < -0.4 is 24.3 Å². The van der Waals surface area contributed by atoms with Crippen LogP contribution in [0, 0.1) is 6.92 Å². The van der Waals surface area contributed by atoms with Gasteiger partial charge in [0.15, 0.2) is 17.3 Å². The lowest BCUT2D eigenvalue weighted by Gasteiger charge is -2.11. The highest BCUT2D eigenvalue weighted by Gasteiger charge is 2.16. The smallest absolute Gasteiger partial charge is 0.276 e. The van der Waals surface area contributed by atoms with Gasteiger partial charge in [-0.1, -0.05) is 35.6 Å². The molecule has 0 unspecified atom stereocenters. The largest absolute Gasteiger partial charge is 0.496 e. The van der Waals surface area contributed by atoms with Crippen LogP contribution in [0.3, 0.4) is 0 Å². The Morgan fingerprint density at radius 3 is 2.34 bits per heavy atom. The quantitative estimate of drug-likeness (QED) is 0.505. The maximum absolute atomic E-state index is 13.1. The Hall–Kier alpha value is -3.39. The summed E-state index contributed by atoms with van der Waals surface area (Å²) in [5, 5.41) is 8.43. The number of benzene rings is 2. The van der Waals surface area contributed by atoms with Crippen molar-refractivity contribution >= 4 is 22.4 Å². The first-order valence-corrected chi connectivity index (χ1v) is 9.64. The van der Waals surface area contributed by atoms with E-state index in [-0.39, 0.29) is 5.56 Å². The van der Waals surface area contributed by atoms with Crippen molar-refractivity contribution in [3.63, 3.8) is 0 Å². The number of aromatic nitrogens is 3. The Kier molecular flexibility index (Phi) is 4.94. The highest BCUT2D eigenvalue weighted by Crippen LogP contribution is 2.35. The van der Waals surface area contributed by atoms with E-state index in [1.165, 1.54) is 11.3 Å². The Morgan fingerprint density at radius 2 is 1.66 bits per heavy atom. The molecule has 2 aromatic carbocycles. The van der Waals surface area contributed by atoms with E-state index in [0.29, 0.717) is 38.1 Å². The maximum atomic E-state index is 13.1. The highest BCUT2D eigenvalue weighted by molar-refractivity contribution is 7.15. The lowest BCUT2D eigenvalue weighted by molar-refractivity contribution is 0.348. The first-order valence-electron chi connectivity index (χ1n) is 8.83. The second-order valence-electron chi connectivity index (χ2n) is 6.32. The standard InChI is InChI=1S/C21H19N3O4S/c1-12-7-5-6-8-14(12)19-22-23-21-24(19)20(25)18(29-21)10-13-9-16(27-3)17(28-4)11-15(13)26-2/h5-11H,1-4H3. The first-order chi connectivity index (χ1) is 14.1. The molecule has 0 aliphatic rings. The Bertz CT molecular complexity index is 1310. The topological polar surface area (TPSA) is 74.9 Å². The van der Waals surface area contributed by atoms with Crippen LogP contribution in [-0.2, 0) is 0 Å². The molecular weight excluding hydrogens is 390 g/mol. The average Bonchev–Trinajstić information content (AvgIpc) is 3.28. The van der Waals surface area contributed by atoms with E-state index in [9.17, 15) is 4.79 Å². The van der Waals surface area contributed by atoms with Gasteiger partial charge in [-0.05, 0) is 24.6 Å². The molecule has 29 heavy (non-hydrogen) atoms. The third-order valence-corrected chi connectivity index (χ3v) is 5.62. The fourth-order valence-corrected chi connectivity index (χ4v) is 4.07. The summed E-state index contributed by atoms with van der Waals surface area (Å²) in [6, 6.07) is 11.3. The molecule has 0 N–H and O–H groups in total. The van der Waals surface area contributed by atoms with E-state index in [0.717, 1.165) is 11.1 Å². The molecule has 0 saturated carbocycles. The van der Waals surface area contributed by atoms with Crippen molar-refractivity contribution in [2.75, 3.05) is 21.3 Å². The molecule has 0 aliphatic carbocycles. The molecule has 2 aromatic heterocycles. The zero-order chi connectivity index (χ0) is 20.5. The van der Waals surface area contributed by atoms with E-state index < -0.39 is 0 Å². The van der Waals surface area contributed by atoms with Crippen LogP contribution in [0.25, 0.3) is 22.4 Å². The molecule has 0 fully saturated rings. The summed E-state index contributed by atoms with van der Waals surface area (Å²) in [6.45, 7) is 1.98. The van der Waals surface area contributed by atoms with Crippen molar-refractivity contribution in [2.24, 2.45) is 0 Å². The number of rotatable bonds is 5. The Balaban J connectivity index is 1.93. The fraction of sp³-hybridized carbons (Fsp3) is 0.190. The van der Waals surface area contributed by atoms with Crippen LogP contribution >= 0.6 is 11.3 Å². The summed E-state index contributed by atoms with van der Waals surface area (Å²) in [5.41, 5.74) is 2.44. The number of aryl methyl sites for hydroxylation is 1. The third kappa shape index (κ3) is 3.21. The summed E-state index contributed by atoms with van der Waals surface area (Å²) in [5.74, 6) is 2.22. The molecule has 2 heterocycles. The predicted octanol–water partition coefficient (Wildman–Crippen LogP) is 2.70. The van der Waals surface area contributed by atoms with Crippen molar-refractivity contribution in [1.29, 1.82) is 0 Å². The van der Waals surface area contributed by atoms with E-state index in [1.807, 2.05) is 31.2 Å². The molecule has 7 nitrogen and oxygen atoms in total. The second-order valence-corrected chi connectivity index (χ2v) is 7.33. The van der Waals surface area contributed by atoms with Gasteiger partial charge in [0, 0.05) is 17.2 Å². The zero-order valence-electron chi connectivity index (χ0n) is 16.4. The van der Waals surface area contributed by atoms with E-state index >= 15 is 0 Å². The van der Waals surface area contributed by atoms with Crippen LogP contribution in [0.1, 0.15) is 11.1 Å². The number of ether oxygens (including phenoxy) is 3. The van der Waals surface area contributed by atoms with Crippen molar-refractivity contribution in [2.45, 2.75) is 6.92 Å². The van der Waals surface area contributed by atoms with Gasteiger partial charge in [-0.2, -0.15) is 0 Å². The summed E-state index contributed by atoms with van der Waals surface area (Å²) in [6.07, 6.45) is 1.77. The van der Waals surface area contributed by atoms with Gasteiger partial charge in [0.25, 0.3) is 5.56 Å². The lowest BCUT2D eigenvalue weighted by atomic mass is 10.1. The maximum Gasteiger partial charge on any atom is 0.276 e. The summed E-state index contributed by atoms with van der Waals surface area (Å²) < 4.78 is 18.2. The van der Waals surface area contributed by atoms with Gasteiger partial charge in [0.1, 0.15) is 5.75 Å². The Labute approximate surface area is 170 Å². The third-order valence-electron chi connectivity index (χ3n) is 4.66. The van der Waals surface area contributed by atoms with E-state index in [1.54, 1.807) is 43.9 Å². The Morgan fingerprint density at radius 1 is 0.966 bits per heavy atom. The molecule has 4 rings (SSSR count). The van der Waals surface area contributed by atoms with Crippen molar-refractivity contribution in [1.82, 2.24) is 14.6 Å². The second kappa shape index (κ2) is 7.56. The van der Waals surface area contributed by atoms with Crippen LogP contribution in [0.5, 0.6) is 17.2 Å². The fourth-order valence-electron chi connectivity index (χ4n) is 3.17. The number of hydrogen-bond donors (Lipinski definition) is 0. The van der Waals surface area contributed by atoms with Gasteiger partial charge in [-0.25, -0.2) is 4.40 Å². The van der Waals surface area contributed by atoms with Crippen molar-refractivity contribution < 1.29 is 14.2 Å². The zero-order valence-corrected chi connectivity index (χ0v) is 17.2. The van der Waals surface area contributed by atoms with E-state index in [4.69, 9.17) is 14.2 Å². The summed E-state index contributed by atoms with van der Waals surface area (Å²) in [4.78, 5) is 13.7. The van der Waals surface area contributed by atoms with Crippen molar-refractivity contribution in [3.05, 3.63) is 62.4 Å². The van der Waals surface area contributed by atoms with Crippen molar-refractivity contribution in [3.8, 4) is 28.6 Å². The van der Waals surface area contributed by atoms with Crippen LogP contribution in [0.4, 0.5) is 0 Å². The summed E-state index contributed by atoms with van der Waals surface area (Å²) in [7, 11) is 4.69. The molecule has 8 heteroatoms. The van der Waals surface area contributed by atoms with Gasteiger partial charge in [0.2, 0.25) is 4.96 Å². The van der Waals surface area contributed by atoms with E-state index in [2.05, 4.69) is 10.2 Å². The number of hydrogen-bond acceptors (Lipinski definition) is 7.